The quantitative estimate of drug-likeness (QED) is 0.807. The van der Waals surface area contributed by atoms with Crippen molar-refractivity contribution in [3.63, 3.8) is 0 Å². The molecule has 2 atom stereocenters. The number of para-hydroxylation sites is 1. The Morgan fingerprint density at radius 2 is 2.38 bits per heavy atom. The van der Waals surface area contributed by atoms with Crippen LogP contribution in [-0.2, 0) is 11.3 Å². The number of aromatic nitrogens is 2. The number of methoxy groups -OCH3 is 1. The van der Waals surface area contributed by atoms with Crippen LogP contribution in [0.3, 0.4) is 0 Å². The van der Waals surface area contributed by atoms with Crippen LogP contribution >= 0.6 is 11.6 Å². The highest BCUT2D eigenvalue weighted by Gasteiger charge is 2.21. The number of fused-ring (bicyclic) bond motifs is 1. The molecule has 21 heavy (non-hydrogen) atoms. The van der Waals surface area contributed by atoms with Gasteiger partial charge in [0, 0.05) is 19.1 Å². The van der Waals surface area contributed by atoms with E-state index in [1.807, 2.05) is 19.1 Å². The van der Waals surface area contributed by atoms with E-state index in [0.29, 0.717) is 5.92 Å². The second-order valence-corrected chi connectivity index (χ2v) is 6.26. The lowest BCUT2D eigenvalue weighted by molar-refractivity contribution is 0.0485. The van der Waals surface area contributed by atoms with Crippen LogP contribution in [0.2, 0.25) is 0 Å². The molecule has 1 aromatic carbocycles. The van der Waals surface area contributed by atoms with E-state index in [9.17, 15) is 0 Å². The Labute approximate surface area is 130 Å². The lowest BCUT2D eigenvalue weighted by Gasteiger charge is -2.23. The molecule has 2 unspecified atom stereocenters. The topological polar surface area (TPSA) is 36.3 Å². The fraction of sp³-hybridized carbons (Fsp3) is 0.562. The fourth-order valence-corrected chi connectivity index (χ4v) is 3.18. The van der Waals surface area contributed by atoms with Crippen LogP contribution in [0.15, 0.2) is 18.2 Å². The Hall–Kier alpha value is -1.26. The number of benzene rings is 1. The number of nitrogens with zero attached hydrogens (tertiary/aromatic N) is 2. The molecule has 0 bridgehead atoms. The second kappa shape index (κ2) is 6.24. The molecule has 2 heterocycles. The summed E-state index contributed by atoms with van der Waals surface area (Å²) in [5.74, 6) is 2.22. The molecule has 0 spiro atoms. The Balaban J connectivity index is 2.03. The predicted octanol–water partition coefficient (Wildman–Crippen LogP) is 3.77. The van der Waals surface area contributed by atoms with Gasteiger partial charge in [-0.3, -0.25) is 0 Å². The first-order valence-electron chi connectivity index (χ1n) is 7.45. The summed E-state index contributed by atoms with van der Waals surface area (Å²) in [7, 11) is 1.67. The van der Waals surface area contributed by atoms with Gasteiger partial charge in [0.2, 0.25) is 0 Å². The third-order valence-corrected chi connectivity index (χ3v) is 4.24. The maximum Gasteiger partial charge on any atom is 0.146 e. The van der Waals surface area contributed by atoms with Crippen molar-refractivity contribution in [2.24, 2.45) is 5.92 Å². The van der Waals surface area contributed by atoms with Gasteiger partial charge in [0.25, 0.3) is 0 Å². The SMILES string of the molecule is COc1cccc2c1nc(C(C)Cl)n2CC1CCCOC1. The molecule has 1 aliphatic heterocycles. The van der Waals surface area contributed by atoms with Crippen LogP contribution < -0.4 is 4.74 Å². The van der Waals surface area contributed by atoms with Crippen molar-refractivity contribution in [1.82, 2.24) is 9.55 Å². The van der Waals surface area contributed by atoms with E-state index < -0.39 is 0 Å². The summed E-state index contributed by atoms with van der Waals surface area (Å²) in [5.41, 5.74) is 1.97. The minimum Gasteiger partial charge on any atom is -0.494 e. The Bertz CT molecular complexity index is 618. The number of halogens is 1. The van der Waals surface area contributed by atoms with Crippen LogP contribution in [0, 0.1) is 5.92 Å². The third kappa shape index (κ3) is 2.87. The largest absolute Gasteiger partial charge is 0.494 e. The zero-order valence-corrected chi connectivity index (χ0v) is 13.3. The molecule has 1 aliphatic rings. The average Bonchev–Trinajstić information content (AvgIpc) is 2.87. The second-order valence-electron chi connectivity index (χ2n) is 5.61. The normalized spacial score (nSPS) is 20.6. The zero-order valence-electron chi connectivity index (χ0n) is 12.5. The van der Waals surface area contributed by atoms with Crippen molar-refractivity contribution >= 4 is 22.6 Å². The van der Waals surface area contributed by atoms with E-state index >= 15 is 0 Å². The van der Waals surface area contributed by atoms with Crippen LogP contribution in [0.1, 0.15) is 31.0 Å². The molecule has 4 nitrogen and oxygen atoms in total. The first-order chi connectivity index (χ1) is 10.2. The number of hydrogen-bond acceptors (Lipinski definition) is 3. The molecule has 0 N–H and O–H groups in total. The number of rotatable bonds is 4. The van der Waals surface area contributed by atoms with E-state index in [4.69, 9.17) is 26.1 Å². The minimum atomic E-state index is -0.133. The summed E-state index contributed by atoms with van der Waals surface area (Å²) < 4.78 is 13.2. The molecule has 1 aromatic heterocycles. The van der Waals surface area contributed by atoms with E-state index in [1.165, 1.54) is 6.42 Å². The van der Waals surface area contributed by atoms with Gasteiger partial charge in [-0.2, -0.15) is 0 Å². The van der Waals surface area contributed by atoms with Gasteiger partial charge in [0.05, 0.1) is 24.6 Å². The molecular weight excluding hydrogens is 288 g/mol. The van der Waals surface area contributed by atoms with Gasteiger partial charge in [-0.1, -0.05) is 6.07 Å². The highest BCUT2D eigenvalue weighted by molar-refractivity contribution is 6.20. The van der Waals surface area contributed by atoms with Crippen LogP contribution in [0.25, 0.3) is 11.0 Å². The van der Waals surface area contributed by atoms with Crippen LogP contribution in [0.4, 0.5) is 0 Å². The van der Waals surface area contributed by atoms with Gasteiger partial charge in [0.15, 0.2) is 0 Å². The molecule has 0 saturated carbocycles. The summed E-state index contributed by atoms with van der Waals surface area (Å²) >= 11 is 6.34. The van der Waals surface area contributed by atoms with Gasteiger partial charge in [-0.25, -0.2) is 4.98 Å². The van der Waals surface area contributed by atoms with Crippen molar-refractivity contribution in [2.45, 2.75) is 31.7 Å². The van der Waals surface area contributed by atoms with Crippen LogP contribution in [-0.4, -0.2) is 29.9 Å². The van der Waals surface area contributed by atoms with Crippen molar-refractivity contribution in [3.05, 3.63) is 24.0 Å². The number of hydrogen-bond donors (Lipinski definition) is 0. The van der Waals surface area contributed by atoms with E-state index in [-0.39, 0.29) is 5.38 Å². The Morgan fingerprint density at radius 1 is 1.52 bits per heavy atom. The van der Waals surface area contributed by atoms with Crippen molar-refractivity contribution < 1.29 is 9.47 Å². The molecule has 0 amide bonds. The van der Waals surface area contributed by atoms with Crippen molar-refractivity contribution in [1.29, 1.82) is 0 Å². The zero-order chi connectivity index (χ0) is 14.8. The summed E-state index contributed by atoms with van der Waals surface area (Å²) in [6.45, 7) is 4.56. The van der Waals surface area contributed by atoms with Gasteiger partial charge in [-0.15, -0.1) is 11.6 Å². The van der Waals surface area contributed by atoms with Gasteiger partial charge in [0.1, 0.15) is 17.1 Å². The average molecular weight is 309 g/mol. The Kier molecular flexibility index (Phi) is 4.36. The van der Waals surface area contributed by atoms with Gasteiger partial charge >= 0.3 is 0 Å². The van der Waals surface area contributed by atoms with Crippen molar-refractivity contribution in [3.8, 4) is 5.75 Å². The van der Waals surface area contributed by atoms with E-state index in [0.717, 1.165) is 48.8 Å². The molecular formula is C16H21ClN2O2. The number of imidazole rings is 1. The molecule has 0 aliphatic carbocycles. The molecule has 1 fully saturated rings. The van der Waals surface area contributed by atoms with E-state index in [1.54, 1.807) is 7.11 Å². The maximum atomic E-state index is 6.34. The molecule has 5 heteroatoms. The predicted molar refractivity (Wildman–Crippen MR) is 84.1 cm³/mol. The fourth-order valence-electron chi connectivity index (χ4n) is 3.01. The lowest BCUT2D eigenvalue weighted by Crippen LogP contribution is -2.23. The number of alkyl halides is 1. The molecule has 2 aromatic rings. The highest BCUT2D eigenvalue weighted by Crippen LogP contribution is 2.31. The monoisotopic (exact) mass is 308 g/mol. The minimum absolute atomic E-state index is 0.133. The number of ether oxygens (including phenoxy) is 2. The summed E-state index contributed by atoms with van der Waals surface area (Å²) in [4.78, 5) is 4.71. The maximum absolute atomic E-state index is 6.34. The highest BCUT2D eigenvalue weighted by atomic mass is 35.5. The van der Waals surface area contributed by atoms with Crippen LogP contribution in [0.5, 0.6) is 5.75 Å². The molecule has 114 valence electrons. The summed E-state index contributed by atoms with van der Waals surface area (Å²) in [5, 5.41) is -0.133. The summed E-state index contributed by atoms with van der Waals surface area (Å²) in [6.07, 6.45) is 2.33. The summed E-state index contributed by atoms with van der Waals surface area (Å²) in [6, 6.07) is 6.02. The van der Waals surface area contributed by atoms with Gasteiger partial charge in [-0.05, 0) is 31.9 Å². The molecule has 1 saturated heterocycles. The lowest BCUT2D eigenvalue weighted by atomic mass is 10.0. The third-order valence-electron chi connectivity index (χ3n) is 4.04. The first-order valence-corrected chi connectivity index (χ1v) is 7.89. The molecule has 3 rings (SSSR count). The molecule has 0 radical (unpaired) electrons. The van der Waals surface area contributed by atoms with E-state index in [2.05, 4.69) is 10.6 Å². The smallest absolute Gasteiger partial charge is 0.146 e. The standard InChI is InChI=1S/C16H21ClN2O2/c1-11(17)16-18-15-13(6-3-7-14(15)20-2)19(16)9-12-5-4-8-21-10-12/h3,6-7,11-12H,4-5,8-10H2,1-2H3. The van der Waals surface area contributed by atoms with Crippen molar-refractivity contribution in [2.75, 3.05) is 20.3 Å². The van der Waals surface area contributed by atoms with Gasteiger partial charge < -0.3 is 14.0 Å². The first kappa shape index (κ1) is 14.7. The Morgan fingerprint density at radius 3 is 3.05 bits per heavy atom.